The summed E-state index contributed by atoms with van der Waals surface area (Å²) in [6.07, 6.45) is 0.964. The zero-order valence-corrected chi connectivity index (χ0v) is 13.5. The van der Waals surface area contributed by atoms with Gasteiger partial charge in [-0.15, -0.1) is 12.4 Å². The number of carbonyl (C=O) groups excluding carboxylic acids is 1. The standard InChI is InChI=1S/C13H13F4NO3S.ClH/c1-22(20,21)10(5-19)9-2-6(4-18-9)11-12(16)7(14)3-8(15)13(11)17;/h3,5-6,9-10,18H,2,4H2,1H3;1H/t6-,9?,10?;/m1./s1. The van der Waals surface area contributed by atoms with E-state index in [-0.39, 0.29) is 37.7 Å². The van der Waals surface area contributed by atoms with Crippen LogP contribution in [0.25, 0.3) is 0 Å². The zero-order valence-electron chi connectivity index (χ0n) is 11.9. The van der Waals surface area contributed by atoms with E-state index in [1.54, 1.807) is 0 Å². The Kier molecular flexibility index (Phi) is 6.17. The lowest BCUT2D eigenvalue weighted by molar-refractivity contribution is -0.107. The molecule has 0 aliphatic carbocycles. The van der Waals surface area contributed by atoms with Crippen LogP contribution in [0.4, 0.5) is 17.6 Å². The van der Waals surface area contributed by atoms with Crippen molar-refractivity contribution in [1.82, 2.24) is 5.32 Å². The lowest BCUT2D eigenvalue weighted by Gasteiger charge is -2.17. The molecule has 0 saturated carbocycles. The quantitative estimate of drug-likeness (QED) is 0.494. The van der Waals surface area contributed by atoms with E-state index in [0.717, 1.165) is 6.26 Å². The third kappa shape index (κ3) is 3.84. The van der Waals surface area contributed by atoms with Crippen LogP contribution in [0.5, 0.6) is 0 Å². The minimum absolute atomic E-state index is 0. The molecule has 0 spiro atoms. The number of rotatable bonds is 4. The van der Waals surface area contributed by atoms with Crippen molar-refractivity contribution in [3.8, 4) is 0 Å². The van der Waals surface area contributed by atoms with E-state index < -0.39 is 55.9 Å². The Labute approximate surface area is 136 Å². The molecule has 1 saturated heterocycles. The zero-order chi connectivity index (χ0) is 16.7. The topological polar surface area (TPSA) is 63.2 Å². The van der Waals surface area contributed by atoms with Crippen LogP contribution < -0.4 is 5.32 Å². The summed E-state index contributed by atoms with van der Waals surface area (Å²) in [7, 11) is -3.71. The molecule has 1 heterocycles. The summed E-state index contributed by atoms with van der Waals surface area (Å²) in [6, 6.07) is -0.763. The van der Waals surface area contributed by atoms with Gasteiger partial charge in [-0.05, 0) is 6.42 Å². The molecule has 1 N–H and O–H groups in total. The summed E-state index contributed by atoms with van der Waals surface area (Å²) >= 11 is 0. The van der Waals surface area contributed by atoms with Crippen LogP contribution in [0.1, 0.15) is 17.9 Å². The van der Waals surface area contributed by atoms with Crippen molar-refractivity contribution in [2.45, 2.75) is 23.6 Å². The predicted octanol–water partition coefficient (Wildman–Crippen LogP) is 1.72. The second-order valence-corrected chi connectivity index (χ2v) is 7.46. The third-order valence-corrected chi connectivity index (χ3v) is 5.17. The molecule has 130 valence electrons. The van der Waals surface area contributed by atoms with E-state index >= 15 is 0 Å². The molecular weight excluding hydrogens is 362 g/mol. The summed E-state index contributed by atoms with van der Waals surface area (Å²) in [5, 5.41) is 1.28. The lowest BCUT2D eigenvalue weighted by atomic mass is 9.94. The van der Waals surface area contributed by atoms with Crippen LogP contribution >= 0.6 is 12.4 Å². The van der Waals surface area contributed by atoms with Gasteiger partial charge < -0.3 is 10.1 Å². The fourth-order valence-electron chi connectivity index (χ4n) is 2.68. The molecule has 1 aromatic rings. The van der Waals surface area contributed by atoms with Crippen LogP contribution in [-0.2, 0) is 14.6 Å². The maximum atomic E-state index is 13.7. The Balaban J connectivity index is 0.00000264. The second kappa shape index (κ2) is 7.14. The van der Waals surface area contributed by atoms with Crippen molar-refractivity contribution in [1.29, 1.82) is 0 Å². The summed E-state index contributed by atoms with van der Waals surface area (Å²) in [4.78, 5) is 10.9. The Morgan fingerprint density at radius 3 is 2.17 bits per heavy atom. The van der Waals surface area contributed by atoms with Gasteiger partial charge in [-0.25, -0.2) is 26.0 Å². The van der Waals surface area contributed by atoms with E-state index in [1.807, 2.05) is 0 Å². The largest absolute Gasteiger partial charge is 0.312 e. The van der Waals surface area contributed by atoms with Gasteiger partial charge in [0.1, 0.15) is 11.5 Å². The molecule has 2 rings (SSSR count). The van der Waals surface area contributed by atoms with Gasteiger partial charge in [0.15, 0.2) is 33.1 Å². The van der Waals surface area contributed by atoms with Gasteiger partial charge in [-0.3, -0.25) is 0 Å². The van der Waals surface area contributed by atoms with Crippen LogP contribution in [0.2, 0.25) is 0 Å². The number of halogens is 5. The molecule has 2 unspecified atom stereocenters. The van der Waals surface area contributed by atoms with Gasteiger partial charge in [0, 0.05) is 36.4 Å². The van der Waals surface area contributed by atoms with Crippen LogP contribution in [0, 0.1) is 23.3 Å². The molecule has 0 bridgehead atoms. The smallest absolute Gasteiger partial charge is 0.165 e. The van der Waals surface area contributed by atoms with Crippen molar-refractivity contribution < 1.29 is 30.8 Å². The Morgan fingerprint density at radius 1 is 1.22 bits per heavy atom. The third-order valence-electron chi connectivity index (χ3n) is 3.74. The molecule has 1 aliphatic rings. The van der Waals surface area contributed by atoms with E-state index in [9.17, 15) is 30.8 Å². The van der Waals surface area contributed by atoms with Crippen LogP contribution in [0.15, 0.2) is 6.07 Å². The molecule has 0 aromatic heterocycles. The highest BCUT2D eigenvalue weighted by atomic mass is 35.5. The van der Waals surface area contributed by atoms with Crippen molar-refractivity contribution >= 4 is 28.5 Å². The van der Waals surface area contributed by atoms with Crippen LogP contribution in [-0.4, -0.2) is 38.8 Å². The molecule has 3 atom stereocenters. The van der Waals surface area contributed by atoms with Crippen molar-refractivity contribution in [2.24, 2.45) is 0 Å². The fourth-order valence-corrected chi connectivity index (χ4v) is 3.69. The first kappa shape index (κ1) is 19.9. The van der Waals surface area contributed by atoms with Gasteiger partial charge in [-0.2, -0.15) is 0 Å². The summed E-state index contributed by atoms with van der Waals surface area (Å²) in [5.41, 5.74) is -0.773. The van der Waals surface area contributed by atoms with Gasteiger partial charge >= 0.3 is 0 Å². The average molecular weight is 376 g/mol. The minimum atomic E-state index is -3.71. The number of hydrogen-bond donors (Lipinski definition) is 1. The number of hydrogen-bond acceptors (Lipinski definition) is 4. The van der Waals surface area contributed by atoms with Gasteiger partial charge in [0.25, 0.3) is 0 Å². The average Bonchev–Trinajstić information content (AvgIpc) is 2.85. The molecule has 4 nitrogen and oxygen atoms in total. The number of sulfone groups is 1. The van der Waals surface area contributed by atoms with E-state index in [0.29, 0.717) is 0 Å². The monoisotopic (exact) mass is 375 g/mol. The highest BCUT2D eigenvalue weighted by Crippen LogP contribution is 2.33. The van der Waals surface area contributed by atoms with E-state index in [1.165, 1.54) is 0 Å². The SMILES string of the molecule is CS(=O)(=O)C(C=O)C1C[C@@H](c2c(F)c(F)cc(F)c2F)CN1.Cl. The number of benzene rings is 1. The second-order valence-electron chi connectivity index (χ2n) is 5.26. The van der Waals surface area contributed by atoms with Gasteiger partial charge in [-0.1, -0.05) is 0 Å². The molecule has 1 aromatic carbocycles. The fraction of sp³-hybridized carbons (Fsp3) is 0.462. The number of aldehydes is 1. The van der Waals surface area contributed by atoms with Crippen molar-refractivity contribution in [3.63, 3.8) is 0 Å². The van der Waals surface area contributed by atoms with Gasteiger partial charge in [0.05, 0.1) is 0 Å². The highest BCUT2D eigenvalue weighted by Gasteiger charge is 2.39. The van der Waals surface area contributed by atoms with Crippen LogP contribution in [0.3, 0.4) is 0 Å². The molecular formula is C13H14ClF4NO3S. The summed E-state index contributed by atoms with van der Waals surface area (Å²) in [5.74, 6) is -7.03. The van der Waals surface area contributed by atoms with Crippen molar-refractivity contribution in [2.75, 3.05) is 12.8 Å². The first-order valence-corrected chi connectivity index (χ1v) is 8.32. The first-order chi connectivity index (χ1) is 10.2. The molecule has 1 fully saturated rings. The molecule has 0 radical (unpaired) electrons. The van der Waals surface area contributed by atoms with Gasteiger partial charge in [0.2, 0.25) is 0 Å². The summed E-state index contributed by atoms with van der Waals surface area (Å²) in [6.45, 7) is -0.0960. The van der Waals surface area contributed by atoms with E-state index in [2.05, 4.69) is 5.32 Å². The Hall–Kier alpha value is -1.19. The predicted molar refractivity (Wildman–Crippen MR) is 77.4 cm³/mol. The number of carbonyl (C=O) groups is 1. The molecule has 1 aliphatic heterocycles. The van der Waals surface area contributed by atoms with E-state index in [4.69, 9.17) is 0 Å². The summed E-state index contributed by atoms with van der Waals surface area (Å²) < 4.78 is 76.9. The highest BCUT2D eigenvalue weighted by molar-refractivity contribution is 7.92. The number of nitrogens with one attached hydrogen (secondary N) is 1. The minimum Gasteiger partial charge on any atom is -0.312 e. The maximum Gasteiger partial charge on any atom is 0.165 e. The first-order valence-electron chi connectivity index (χ1n) is 6.37. The Bertz CT molecular complexity index is 687. The lowest BCUT2D eigenvalue weighted by Crippen LogP contribution is -2.41. The molecule has 10 heteroatoms. The molecule has 23 heavy (non-hydrogen) atoms. The van der Waals surface area contributed by atoms with Crippen molar-refractivity contribution in [3.05, 3.63) is 34.9 Å². The Morgan fingerprint density at radius 2 is 1.74 bits per heavy atom. The normalized spacial score (nSPS) is 22.5. The maximum absolute atomic E-state index is 13.7. The molecule has 0 amide bonds.